The van der Waals surface area contributed by atoms with Gasteiger partial charge in [-0.05, 0) is 25.0 Å². The molecule has 3 rings (SSSR count). The molecule has 0 spiro atoms. The van der Waals surface area contributed by atoms with Gasteiger partial charge >= 0.3 is 5.69 Å². The summed E-state index contributed by atoms with van der Waals surface area (Å²) in [6.45, 7) is 2.09. The van der Waals surface area contributed by atoms with E-state index in [9.17, 15) is 9.59 Å². The Hall–Kier alpha value is -1.63. The summed E-state index contributed by atoms with van der Waals surface area (Å²) in [7, 11) is 3.15. The summed E-state index contributed by atoms with van der Waals surface area (Å²) in [5, 5.41) is 1.17. The summed E-state index contributed by atoms with van der Waals surface area (Å²) >= 11 is 1.57. The average molecular weight is 306 g/mol. The molecule has 0 aromatic carbocycles. The second-order valence-electron chi connectivity index (χ2n) is 5.41. The Labute approximate surface area is 126 Å². The average Bonchev–Trinajstić information content (AvgIpc) is 3.32. The molecule has 0 aliphatic heterocycles. The number of hydrogen-bond donors (Lipinski definition) is 0. The summed E-state index contributed by atoms with van der Waals surface area (Å²) in [4.78, 5) is 33.6. The van der Waals surface area contributed by atoms with E-state index in [0.29, 0.717) is 22.0 Å². The molecule has 6 nitrogen and oxygen atoms in total. The third-order valence-corrected chi connectivity index (χ3v) is 4.85. The predicted molar refractivity (Wildman–Crippen MR) is 83.0 cm³/mol. The minimum Gasteiger partial charge on any atom is -0.280 e. The third-order valence-electron chi connectivity index (χ3n) is 3.67. The van der Waals surface area contributed by atoms with Gasteiger partial charge in [0, 0.05) is 20.0 Å². The van der Waals surface area contributed by atoms with Gasteiger partial charge < -0.3 is 0 Å². The molecule has 1 aliphatic rings. The zero-order valence-electron chi connectivity index (χ0n) is 12.4. The SMILES string of the molecule is CCCSc1nc(C2CC2)nc2c1c(=O)n(C)c(=O)n2C. The van der Waals surface area contributed by atoms with Gasteiger partial charge in [0.1, 0.15) is 16.2 Å². The molecule has 0 saturated heterocycles. The number of nitrogens with zero attached hydrogens (tertiary/aromatic N) is 4. The zero-order chi connectivity index (χ0) is 15.1. The first-order valence-corrected chi connectivity index (χ1v) is 8.13. The van der Waals surface area contributed by atoms with E-state index in [0.717, 1.165) is 35.4 Å². The van der Waals surface area contributed by atoms with Crippen LogP contribution in [-0.4, -0.2) is 24.9 Å². The maximum absolute atomic E-state index is 12.4. The summed E-state index contributed by atoms with van der Waals surface area (Å²) in [5.74, 6) is 2.04. The van der Waals surface area contributed by atoms with E-state index >= 15 is 0 Å². The maximum Gasteiger partial charge on any atom is 0.332 e. The lowest BCUT2D eigenvalue weighted by Gasteiger charge is -2.11. The fourth-order valence-corrected chi connectivity index (χ4v) is 3.15. The Kier molecular flexibility index (Phi) is 3.61. The summed E-state index contributed by atoms with van der Waals surface area (Å²) in [6, 6.07) is 0. The van der Waals surface area contributed by atoms with Crippen molar-refractivity contribution in [3.8, 4) is 0 Å². The highest BCUT2D eigenvalue weighted by molar-refractivity contribution is 7.99. The molecule has 7 heteroatoms. The molecule has 0 N–H and O–H groups in total. The molecule has 0 bridgehead atoms. The Morgan fingerprint density at radius 1 is 1.19 bits per heavy atom. The van der Waals surface area contributed by atoms with Gasteiger partial charge in [-0.25, -0.2) is 14.8 Å². The lowest BCUT2D eigenvalue weighted by Crippen LogP contribution is -2.37. The largest absolute Gasteiger partial charge is 0.332 e. The van der Waals surface area contributed by atoms with Gasteiger partial charge in [-0.2, -0.15) is 0 Å². The standard InChI is InChI=1S/C14H18N4O2S/c1-4-7-21-12-9-11(15-10(16-12)8-5-6-8)17(2)14(20)18(3)13(9)19/h8H,4-7H2,1-3H3. The normalized spacial score (nSPS) is 14.8. The first kappa shape index (κ1) is 14.3. The van der Waals surface area contributed by atoms with E-state index in [4.69, 9.17) is 0 Å². The van der Waals surface area contributed by atoms with Crippen molar-refractivity contribution in [3.05, 3.63) is 26.7 Å². The van der Waals surface area contributed by atoms with E-state index in [1.54, 1.807) is 18.8 Å². The molecular weight excluding hydrogens is 288 g/mol. The van der Waals surface area contributed by atoms with Crippen molar-refractivity contribution in [1.82, 2.24) is 19.1 Å². The van der Waals surface area contributed by atoms with Crippen LogP contribution in [0.25, 0.3) is 11.0 Å². The topological polar surface area (TPSA) is 69.8 Å². The molecule has 2 heterocycles. The minimum absolute atomic E-state index is 0.311. The molecule has 2 aromatic heterocycles. The zero-order valence-corrected chi connectivity index (χ0v) is 13.2. The van der Waals surface area contributed by atoms with Gasteiger partial charge in [0.05, 0.1) is 0 Å². The highest BCUT2D eigenvalue weighted by Gasteiger charge is 2.29. The fourth-order valence-electron chi connectivity index (χ4n) is 2.27. The van der Waals surface area contributed by atoms with Crippen molar-refractivity contribution in [3.63, 3.8) is 0 Å². The van der Waals surface area contributed by atoms with Gasteiger partial charge in [0.25, 0.3) is 5.56 Å². The van der Waals surface area contributed by atoms with E-state index in [-0.39, 0.29) is 11.2 Å². The van der Waals surface area contributed by atoms with Gasteiger partial charge in [-0.3, -0.25) is 13.9 Å². The van der Waals surface area contributed by atoms with E-state index in [1.165, 1.54) is 11.6 Å². The molecule has 1 fully saturated rings. The van der Waals surface area contributed by atoms with Crippen LogP contribution in [0.3, 0.4) is 0 Å². The molecule has 2 aromatic rings. The van der Waals surface area contributed by atoms with Crippen LogP contribution in [0.4, 0.5) is 0 Å². The fraction of sp³-hybridized carbons (Fsp3) is 0.571. The molecule has 1 saturated carbocycles. The van der Waals surface area contributed by atoms with Crippen LogP contribution >= 0.6 is 11.8 Å². The number of hydrogen-bond acceptors (Lipinski definition) is 5. The van der Waals surface area contributed by atoms with E-state index < -0.39 is 0 Å². The molecule has 0 radical (unpaired) electrons. The maximum atomic E-state index is 12.4. The lowest BCUT2D eigenvalue weighted by molar-refractivity contribution is 0.698. The van der Waals surface area contributed by atoms with Crippen LogP contribution in [0, 0.1) is 0 Å². The number of aryl methyl sites for hydroxylation is 1. The molecule has 0 unspecified atom stereocenters. The smallest absolute Gasteiger partial charge is 0.280 e. The number of aromatic nitrogens is 4. The Balaban J connectivity index is 2.35. The molecule has 112 valence electrons. The highest BCUT2D eigenvalue weighted by Crippen LogP contribution is 2.39. The van der Waals surface area contributed by atoms with E-state index in [1.807, 2.05) is 0 Å². The number of fused-ring (bicyclic) bond motifs is 1. The predicted octanol–water partition coefficient (Wildman–Crippen LogP) is 1.41. The molecule has 1 aliphatic carbocycles. The first-order valence-electron chi connectivity index (χ1n) is 7.15. The van der Waals surface area contributed by atoms with Gasteiger partial charge in [-0.15, -0.1) is 11.8 Å². The summed E-state index contributed by atoms with van der Waals surface area (Å²) in [6.07, 6.45) is 3.17. The summed E-state index contributed by atoms with van der Waals surface area (Å²) in [5.41, 5.74) is -0.202. The van der Waals surface area contributed by atoms with Crippen molar-refractivity contribution in [2.75, 3.05) is 5.75 Å². The Morgan fingerprint density at radius 3 is 2.52 bits per heavy atom. The second-order valence-corrected chi connectivity index (χ2v) is 6.50. The molecule has 21 heavy (non-hydrogen) atoms. The van der Waals surface area contributed by atoms with Crippen molar-refractivity contribution in [2.45, 2.75) is 37.1 Å². The second kappa shape index (κ2) is 5.29. The quantitative estimate of drug-likeness (QED) is 0.631. The third kappa shape index (κ3) is 2.39. The number of rotatable bonds is 4. The monoisotopic (exact) mass is 306 g/mol. The van der Waals surface area contributed by atoms with Crippen molar-refractivity contribution in [1.29, 1.82) is 0 Å². The lowest BCUT2D eigenvalue weighted by atomic mass is 10.3. The van der Waals surface area contributed by atoms with Crippen LogP contribution in [0.1, 0.15) is 37.9 Å². The Bertz CT molecular complexity index is 820. The van der Waals surface area contributed by atoms with E-state index in [2.05, 4.69) is 16.9 Å². The van der Waals surface area contributed by atoms with Crippen molar-refractivity contribution >= 4 is 22.8 Å². The van der Waals surface area contributed by atoms with Crippen LogP contribution < -0.4 is 11.2 Å². The van der Waals surface area contributed by atoms with Crippen molar-refractivity contribution < 1.29 is 0 Å². The number of thioether (sulfide) groups is 1. The van der Waals surface area contributed by atoms with Crippen LogP contribution in [-0.2, 0) is 14.1 Å². The summed E-state index contributed by atoms with van der Waals surface area (Å²) < 4.78 is 2.57. The van der Waals surface area contributed by atoms with Crippen LogP contribution in [0.2, 0.25) is 0 Å². The molecular formula is C14H18N4O2S. The van der Waals surface area contributed by atoms with Crippen molar-refractivity contribution in [2.24, 2.45) is 14.1 Å². The van der Waals surface area contributed by atoms with Gasteiger partial charge in [0.2, 0.25) is 0 Å². The Morgan fingerprint density at radius 2 is 1.90 bits per heavy atom. The van der Waals surface area contributed by atoms with Crippen LogP contribution in [0.15, 0.2) is 14.6 Å². The van der Waals surface area contributed by atoms with Gasteiger partial charge in [0.15, 0.2) is 5.65 Å². The minimum atomic E-state index is -0.348. The molecule has 0 atom stereocenters. The van der Waals surface area contributed by atoms with Crippen LogP contribution in [0.5, 0.6) is 0 Å². The highest BCUT2D eigenvalue weighted by atomic mass is 32.2. The van der Waals surface area contributed by atoms with Gasteiger partial charge in [-0.1, -0.05) is 6.92 Å². The molecule has 0 amide bonds. The first-order chi connectivity index (χ1) is 10.0.